The highest BCUT2D eigenvalue weighted by molar-refractivity contribution is 5.56. The fourth-order valence-electron chi connectivity index (χ4n) is 3.36. The number of nitrogens with zero attached hydrogens (tertiary/aromatic N) is 2. The van der Waals surface area contributed by atoms with Crippen LogP contribution < -0.4 is 9.47 Å². The van der Waals surface area contributed by atoms with Gasteiger partial charge in [0.05, 0.1) is 25.6 Å². The largest absolute Gasteiger partial charge is 0.493 e. The molecule has 2 aromatic rings. The van der Waals surface area contributed by atoms with Crippen molar-refractivity contribution in [2.24, 2.45) is 0 Å². The van der Waals surface area contributed by atoms with E-state index in [9.17, 15) is 8.78 Å². The molecule has 32 heavy (non-hydrogen) atoms. The highest BCUT2D eigenvalue weighted by Crippen LogP contribution is 2.21. The first kappa shape index (κ1) is 26.0. The van der Waals surface area contributed by atoms with Crippen molar-refractivity contribution in [1.82, 2.24) is 9.97 Å². The average molecular weight is 449 g/mol. The van der Waals surface area contributed by atoms with Gasteiger partial charge >= 0.3 is 0 Å². The van der Waals surface area contributed by atoms with E-state index in [-0.39, 0.29) is 0 Å². The van der Waals surface area contributed by atoms with Crippen LogP contribution in [0.1, 0.15) is 78.1 Å². The number of unbranched alkanes of at least 4 members (excludes halogenated alkanes) is 4. The van der Waals surface area contributed by atoms with Gasteiger partial charge in [0.1, 0.15) is 18.1 Å². The summed E-state index contributed by atoms with van der Waals surface area (Å²) in [5.74, 6) is 1.81. The summed E-state index contributed by atoms with van der Waals surface area (Å²) in [6, 6.07) is 7.43. The normalized spacial score (nSPS) is 13.0. The van der Waals surface area contributed by atoms with Gasteiger partial charge in [-0.2, -0.15) is 0 Å². The molecular weight excluding hydrogens is 410 g/mol. The topological polar surface area (TPSA) is 44.2 Å². The molecule has 0 fully saturated rings. The van der Waals surface area contributed by atoms with Crippen LogP contribution in [-0.4, -0.2) is 35.5 Å². The van der Waals surface area contributed by atoms with Crippen molar-refractivity contribution in [1.29, 1.82) is 0 Å². The Morgan fingerprint density at radius 1 is 0.688 bits per heavy atom. The number of aromatic nitrogens is 2. The molecule has 0 saturated carbocycles. The van der Waals surface area contributed by atoms with E-state index in [0.717, 1.165) is 37.7 Å². The zero-order valence-electron chi connectivity index (χ0n) is 19.6. The van der Waals surface area contributed by atoms with Crippen molar-refractivity contribution in [3.05, 3.63) is 36.7 Å². The molecule has 2 atom stereocenters. The molecule has 1 aromatic heterocycles. The van der Waals surface area contributed by atoms with E-state index < -0.39 is 12.3 Å². The van der Waals surface area contributed by atoms with E-state index in [1.807, 2.05) is 24.3 Å². The van der Waals surface area contributed by atoms with Crippen LogP contribution in [-0.2, 0) is 0 Å². The van der Waals surface area contributed by atoms with Crippen LogP contribution in [0.25, 0.3) is 11.4 Å². The van der Waals surface area contributed by atoms with Gasteiger partial charge in [0.15, 0.2) is 11.6 Å². The lowest BCUT2D eigenvalue weighted by Crippen LogP contribution is -2.08. The van der Waals surface area contributed by atoms with Gasteiger partial charge < -0.3 is 9.47 Å². The van der Waals surface area contributed by atoms with Crippen molar-refractivity contribution in [2.75, 3.05) is 13.2 Å². The van der Waals surface area contributed by atoms with Crippen LogP contribution in [0.3, 0.4) is 0 Å². The molecule has 0 bridgehead atoms. The van der Waals surface area contributed by atoms with Crippen molar-refractivity contribution in [3.63, 3.8) is 0 Å². The molecule has 178 valence electrons. The Balaban J connectivity index is 1.70. The third kappa shape index (κ3) is 10.4. The molecule has 0 amide bonds. The summed E-state index contributed by atoms with van der Waals surface area (Å²) in [6.45, 7) is 4.90. The third-order valence-electron chi connectivity index (χ3n) is 5.38. The molecule has 0 spiro atoms. The highest BCUT2D eigenvalue weighted by Gasteiger charge is 2.09. The Kier molecular flexibility index (Phi) is 12.6. The lowest BCUT2D eigenvalue weighted by molar-refractivity contribution is 0.221. The molecule has 4 nitrogen and oxygen atoms in total. The summed E-state index contributed by atoms with van der Waals surface area (Å²) in [5.41, 5.74) is 0.853. The fourth-order valence-corrected chi connectivity index (χ4v) is 3.36. The summed E-state index contributed by atoms with van der Waals surface area (Å²) in [7, 11) is 0. The summed E-state index contributed by atoms with van der Waals surface area (Å²) in [5, 5.41) is 0. The molecule has 0 radical (unpaired) electrons. The molecule has 2 unspecified atom stereocenters. The van der Waals surface area contributed by atoms with E-state index in [4.69, 9.17) is 9.47 Å². The minimum absolute atomic E-state index is 0.321. The Bertz CT molecular complexity index is 726. The zero-order chi connectivity index (χ0) is 23.0. The van der Waals surface area contributed by atoms with Gasteiger partial charge in [0, 0.05) is 18.4 Å². The molecule has 6 heteroatoms. The van der Waals surface area contributed by atoms with Crippen LogP contribution in [0.15, 0.2) is 36.7 Å². The Morgan fingerprint density at radius 3 is 1.84 bits per heavy atom. The predicted octanol–water partition coefficient (Wildman–Crippen LogP) is 7.52. The maximum absolute atomic E-state index is 13.9. The molecule has 1 aromatic carbocycles. The number of ether oxygens (including phenoxy) is 2. The zero-order valence-corrected chi connectivity index (χ0v) is 19.6. The number of hydrogen-bond acceptors (Lipinski definition) is 4. The van der Waals surface area contributed by atoms with Crippen LogP contribution >= 0.6 is 0 Å². The van der Waals surface area contributed by atoms with Gasteiger partial charge in [-0.3, -0.25) is 0 Å². The average Bonchev–Trinajstić information content (AvgIpc) is 2.81. The summed E-state index contributed by atoms with van der Waals surface area (Å²) in [4.78, 5) is 8.68. The van der Waals surface area contributed by atoms with Gasteiger partial charge in [0.2, 0.25) is 0 Å². The Hall–Kier alpha value is -2.24. The van der Waals surface area contributed by atoms with Gasteiger partial charge in [-0.15, -0.1) is 0 Å². The van der Waals surface area contributed by atoms with Gasteiger partial charge in [-0.25, -0.2) is 18.7 Å². The van der Waals surface area contributed by atoms with E-state index in [1.165, 1.54) is 6.42 Å². The summed E-state index contributed by atoms with van der Waals surface area (Å²) in [6.07, 6.45) is 9.88. The predicted molar refractivity (Wildman–Crippen MR) is 126 cm³/mol. The van der Waals surface area contributed by atoms with Crippen molar-refractivity contribution >= 4 is 0 Å². The first-order valence-corrected chi connectivity index (χ1v) is 12.1. The standard InChI is InChI=1S/C26H38F2N2O2/c1-3-5-7-8-10-23(28)16-18-32-25-19-29-26(30-20-25)21-11-13-24(14-12-21)31-17-15-22(27)9-6-4-2/h11-14,19-20,22-23H,3-10,15-18H2,1-2H3. The van der Waals surface area contributed by atoms with Crippen LogP contribution in [0.4, 0.5) is 8.78 Å². The molecule has 2 rings (SSSR count). The van der Waals surface area contributed by atoms with Crippen LogP contribution in [0.2, 0.25) is 0 Å². The smallest absolute Gasteiger partial charge is 0.159 e. The minimum Gasteiger partial charge on any atom is -0.493 e. The summed E-state index contributed by atoms with van der Waals surface area (Å²) < 4.78 is 38.8. The Labute approximate surface area is 191 Å². The molecule has 0 aliphatic rings. The van der Waals surface area contributed by atoms with Crippen molar-refractivity contribution in [2.45, 2.75) is 90.4 Å². The van der Waals surface area contributed by atoms with Crippen molar-refractivity contribution in [3.8, 4) is 22.9 Å². The third-order valence-corrected chi connectivity index (χ3v) is 5.38. The van der Waals surface area contributed by atoms with E-state index in [2.05, 4.69) is 23.8 Å². The molecule has 0 saturated heterocycles. The first-order chi connectivity index (χ1) is 15.6. The van der Waals surface area contributed by atoms with Crippen LogP contribution in [0.5, 0.6) is 11.5 Å². The van der Waals surface area contributed by atoms with E-state index >= 15 is 0 Å². The summed E-state index contributed by atoms with van der Waals surface area (Å²) >= 11 is 0. The van der Waals surface area contributed by atoms with E-state index in [1.54, 1.807) is 12.4 Å². The maximum Gasteiger partial charge on any atom is 0.159 e. The second kappa shape index (κ2) is 15.5. The fraction of sp³-hybridized carbons (Fsp3) is 0.615. The Morgan fingerprint density at radius 2 is 1.25 bits per heavy atom. The molecule has 1 heterocycles. The minimum atomic E-state index is -0.820. The quantitative estimate of drug-likeness (QED) is 0.235. The SMILES string of the molecule is CCCCCCC(F)CCOc1cnc(-c2ccc(OCCC(F)CCCC)cc2)nc1. The lowest BCUT2D eigenvalue weighted by atomic mass is 10.1. The highest BCUT2D eigenvalue weighted by atomic mass is 19.1. The molecule has 0 aliphatic carbocycles. The van der Waals surface area contributed by atoms with Crippen LogP contribution in [0, 0.1) is 0 Å². The van der Waals surface area contributed by atoms with Gasteiger partial charge in [-0.1, -0.05) is 52.4 Å². The monoisotopic (exact) mass is 448 g/mol. The van der Waals surface area contributed by atoms with Crippen molar-refractivity contribution < 1.29 is 18.3 Å². The number of halogens is 2. The molecular formula is C26H38F2N2O2. The van der Waals surface area contributed by atoms with E-state index in [0.29, 0.717) is 56.2 Å². The second-order valence-electron chi connectivity index (χ2n) is 8.23. The number of rotatable bonds is 17. The number of hydrogen-bond donors (Lipinski definition) is 0. The van der Waals surface area contributed by atoms with Gasteiger partial charge in [0.25, 0.3) is 0 Å². The second-order valence-corrected chi connectivity index (χ2v) is 8.23. The number of alkyl halides is 2. The van der Waals surface area contributed by atoms with Gasteiger partial charge in [-0.05, 0) is 37.1 Å². The maximum atomic E-state index is 13.9. The molecule has 0 aliphatic heterocycles. The molecule has 0 N–H and O–H groups in total. The lowest BCUT2D eigenvalue weighted by Gasteiger charge is -2.10. The first-order valence-electron chi connectivity index (χ1n) is 12.1. The number of benzene rings is 1.